The van der Waals surface area contributed by atoms with E-state index in [0.29, 0.717) is 16.7 Å². The van der Waals surface area contributed by atoms with Crippen LogP contribution in [0.2, 0.25) is 0 Å². The molecule has 0 saturated carbocycles. The van der Waals surface area contributed by atoms with Crippen LogP contribution in [0.25, 0.3) is 10.9 Å². The van der Waals surface area contributed by atoms with Crippen LogP contribution in [-0.4, -0.2) is 37.1 Å². The smallest absolute Gasteiger partial charge is 0.323 e. The molecule has 9 heteroatoms. The molecule has 8 nitrogen and oxygen atoms in total. The fourth-order valence-corrected chi connectivity index (χ4v) is 3.78. The predicted molar refractivity (Wildman–Crippen MR) is 102 cm³/mol. The number of rotatable bonds is 6. The first-order valence-corrected chi connectivity index (χ1v) is 9.72. The van der Waals surface area contributed by atoms with Crippen LogP contribution in [0.5, 0.6) is 5.75 Å². The number of carbonyl (C=O) groups is 2. The van der Waals surface area contributed by atoms with Crippen LogP contribution in [0.4, 0.5) is 0 Å². The first-order chi connectivity index (χ1) is 13.2. The molecule has 1 aromatic heterocycles. The minimum Gasteiger partial charge on any atom is -0.497 e. The number of aliphatic carboxylic acids is 1. The monoisotopic (exact) mass is 402 g/mol. The highest BCUT2D eigenvalue weighted by molar-refractivity contribution is 7.90. The lowest BCUT2D eigenvalue weighted by Gasteiger charge is -2.10. The summed E-state index contributed by atoms with van der Waals surface area (Å²) in [5.41, 5.74) is 1.27. The largest absolute Gasteiger partial charge is 0.497 e. The van der Waals surface area contributed by atoms with Gasteiger partial charge in [0.15, 0.2) is 0 Å². The van der Waals surface area contributed by atoms with Gasteiger partial charge in [-0.1, -0.05) is 17.7 Å². The van der Waals surface area contributed by atoms with Crippen LogP contribution in [0.3, 0.4) is 0 Å². The van der Waals surface area contributed by atoms with E-state index in [1.807, 2.05) is 11.6 Å². The van der Waals surface area contributed by atoms with E-state index in [1.165, 1.54) is 29.9 Å². The van der Waals surface area contributed by atoms with Gasteiger partial charge in [-0.3, -0.25) is 9.59 Å². The summed E-state index contributed by atoms with van der Waals surface area (Å²) in [6.45, 7) is 1.32. The number of sulfonamides is 1. The van der Waals surface area contributed by atoms with Gasteiger partial charge >= 0.3 is 5.97 Å². The molecule has 2 aromatic carbocycles. The maximum Gasteiger partial charge on any atom is 0.323 e. The van der Waals surface area contributed by atoms with Crippen molar-refractivity contribution >= 4 is 32.8 Å². The molecule has 0 radical (unpaired) electrons. The van der Waals surface area contributed by atoms with Crippen LogP contribution in [-0.2, 0) is 21.4 Å². The Morgan fingerprint density at radius 1 is 1.11 bits per heavy atom. The molecule has 3 aromatic rings. The van der Waals surface area contributed by atoms with E-state index in [-0.39, 0.29) is 10.6 Å². The number of aryl methyl sites for hydroxylation is 1. The number of nitrogens with one attached hydrogen (secondary N) is 1. The van der Waals surface area contributed by atoms with Crippen LogP contribution in [0.1, 0.15) is 16.1 Å². The summed E-state index contributed by atoms with van der Waals surface area (Å²) < 4.78 is 33.4. The van der Waals surface area contributed by atoms with Gasteiger partial charge in [-0.05, 0) is 43.3 Å². The van der Waals surface area contributed by atoms with E-state index < -0.39 is 28.4 Å². The summed E-state index contributed by atoms with van der Waals surface area (Å²) in [5.74, 6) is -1.56. The van der Waals surface area contributed by atoms with Crippen LogP contribution >= 0.6 is 0 Å². The van der Waals surface area contributed by atoms with E-state index >= 15 is 0 Å². The maximum atomic E-state index is 12.7. The van der Waals surface area contributed by atoms with Gasteiger partial charge < -0.3 is 14.4 Å². The number of ether oxygens (including phenoxy) is 1. The Morgan fingerprint density at radius 2 is 1.79 bits per heavy atom. The number of methoxy groups -OCH3 is 1. The molecule has 0 atom stereocenters. The average Bonchev–Trinajstić information content (AvgIpc) is 2.99. The zero-order valence-corrected chi connectivity index (χ0v) is 16.0. The fraction of sp³-hybridized carbons (Fsp3) is 0.158. The predicted octanol–water partition coefficient (Wildman–Crippen LogP) is 2.16. The number of hydrogen-bond donors (Lipinski definition) is 2. The van der Waals surface area contributed by atoms with Gasteiger partial charge in [0.2, 0.25) is 0 Å². The zero-order valence-electron chi connectivity index (χ0n) is 15.2. The van der Waals surface area contributed by atoms with Gasteiger partial charge in [0.25, 0.3) is 15.9 Å². The standard InChI is InChI=1S/C19H18N2O6S/c1-12-3-6-15(7-4-12)28(25,26)20-19(24)17-10-13-9-14(27-2)5-8-16(13)21(17)11-18(22)23/h3-10H,11H2,1-2H3,(H,20,24)(H,22,23). The Hall–Kier alpha value is -3.33. The van der Waals surface area contributed by atoms with Crippen molar-refractivity contribution in [1.82, 2.24) is 9.29 Å². The number of carbonyl (C=O) groups excluding carboxylic acids is 1. The number of nitrogens with zero attached hydrogens (tertiary/aromatic N) is 1. The second-order valence-corrected chi connectivity index (χ2v) is 7.86. The van der Waals surface area contributed by atoms with Crippen LogP contribution in [0, 0.1) is 6.92 Å². The Kier molecular flexibility index (Phi) is 5.10. The molecule has 28 heavy (non-hydrogen) atoms. The van der Waals surface area contributed by atoms with Gasteiger partial charge in [-0.25, -0.2) is 13.1 Å². The normalized spacial score (nSPS) is 11.4. The summed E-state index contributed by atoms with van der Waals surface area (Å²) in [6, 6.07) is 12.3. The van der Waals surface area contributed by atoms with Crippen molar-refractivity contribution in [2.75, 3.05) is 7.11 Å². The molecule has 0 aliphatic heterocycles. The van der Waals surface area contributed by atoms with Crippen LogP contribution < -0.4 is 9.46 Å². The van der Waals surface area contributed by atoms with Gasteiger partial charge in [-0.2, -0.15) is 0 Å². The van der Waals surface area contributed by atoms with Crippen molar-refractivity contribution in [3.05, 3.63) is 59.8 Å². The van der Waals surface area contributed by atoms with Gasteiger partial charge in [-0.15, -0.1) is 0 Å². The number of benzene rings is 2. The lowest BCUT2D eigenvalue weighted by molar-refractivity contribution is -0.137. The molecule has 0 unspecified atom stereocenters. The molecule has 146 valence electrons. The number of carboxylic acids is 1. The SMILES string of the molecule is COc1ccc2c(c1)cc(C(=O)NS(=O)(=O)c1ccc(C)cc1)n2CC(=O)O. The molecule has 1 amide bonds. The Bertz CT molecular complexity index is 1160. The third-order valence-corrected chi connectivity index (χ3v) is 5.54. The van der Waals surface area contributed by atoms with Gasteiger partial charge in [0.1, 0.15) is 18.0 Å². The summed E-state index contributed by atoms with van der Waals surface area (Å²) in [5, 5.41) is 9.75. The second-order valence-electron chi connectivity index (χ2n) is 6.18. The minimum atomic E-state index is -4.10. The minimum absolute atomic E-state index is 0.0611. The third kappa shape index (κ3) is 3.84. The number of aromatic nitrogens is 1. The Balaban J connectivity index is 2.02. The molecule has 2 N–H and O–H groups in total. The van der Waals surface area contributed by atoms with E-state index in [9.17, 15) is 23.1 Å². The van der Waals surface area contributed by atoms with Crippen molar-refractivity contribution < 1.29 is 27.9 Å². The molecule has 0 aliphatic rings. The third-order valence-electron chi connectivity index (χ3n) is 4.19. The molecule has 1 heterocycles. The maximum absolute atomic E-state index is 12.7. The van der Waals surface area contributed by atoms with Crippen molar-refractivity contribution in [2.45, 2.75) is 18.4 Å². The molecule has 3 rings (SSSR count). The highest BCUT2D eigenvalue weighted by Crippen LogP contribution is 2.25. The van der Waals surface area contributed by atoms with Crippen molar-refractivity contribution in [3.63, 3.8) is 0 Å². The van der Waals surface area contributed by atoms with Crippen molar-refractivity contribution in [2.24, 2.45) is 0 Å². The van der Waals surface area contributed by atoms with Gasteiger partial charge in [0, 0.05) is 10.9 Å². The van der Waals surface area contributed by atoms with Gasteiger partial charge in [0.05, 0.1) is 12.0 Å². The Morgan fingerprint density at radius 3 is 2.39 bits per heavy atom. The lowest BCUT2D eigenvalue weighted by atomic mass is 10.2. The highest BCUT2D eigenvalue weighted by Gasteiger charge is 2.23. The summed E-state index contributed by atoms with van der Waals surface area (Å²) in [4.78, 5) is 23.9. The number of hydrogen-bond acceptors (Lipinski definition) is 5. The van der Waals surface area contributed by atoms with E-state index in [2.05, 4.69) is 0 Å². The quantitative estimate of drug-likeness (QED) is 0.653. The number of carboxylic acid groups (broad SMARTS) is 1. The topological polar surface area (TPSA) is 115 Å². The van der Waals surface area contributed by atoms with Crippen molar-refractivity contribution in [1.29, 1.82) is 0 Å². The molecule has 0 bridgehead atoms. The molecule has 0 saturated heterocycles. The lowest BCUT2D eigenvalue weighted by Crippen LogP contribution is -2.32. The van der Waals surface area contributed by atoms with E-state index in [1.54, 1.807) is 30.3 Å². The number of amides is 1. The number of fused-ring (bicyclic) bond motifs is 1. The second kappa shape index (κ2) is 7.35. The highest BCUT2D eigenvalue weighted by atomic mass is 32.2. The molecular weight excluding hydrogens is 384 g/mol. The molecule has 0 aliphatic carbocycles. The summed E-state index contributed by atoms with van der Waals surface area (Å²) in [7, 11) is -2.62. The van der Waals surface area contributed by atoms with Crippen LogP contribution in [0.15, 0.2) is 53.4 Å². The Labute approximate surface area is 161 Å². The zero-order chi connectivity index (χ0) is 20.5. The summed E-state index contributed by atoms with van der Waals surface area (Å²) >= 11 is 0. The average molecular weight is 402 g/mol. The molecule has 0 fully saturated rings. The molecule has 0 spiro atoms. The first-order valence-electron chi connectivity index (χ1n) is 8.24. The van der Waals surface area contributed by atoms with E-state index in [4.69, 9.17) is 4.74 Å². The van der Waals surface area contributed by atoms with E-state index in [0.717, 1.165) is 5.56 Å². The van der Waals surface area contributed by atoms with Crippen molar-refractivity contribution in [3.8, 4) is 5.75 Å². The summed E-state index contributed by atoms with van der Waals surface area (Å²) in [6.07, 6.45) is 0. The molecular formula is C19H18N2O6S. The fourth-order valence-electron chi connectivity index (χ4n) is 2.82. The first kappa shape index (κ1) is 19.4.